The van der Waals surface area contributed by atoms with E-state index in [0.717, 1.165) is 26.2 Å². The summed E-state index contributed by atoms with van der Waals surface area (Å²) in [6, 6.07) is 38.2. The number of amides is 3. The van der Waals surface area contributed by atoms with E-state index in [4.69, 9.17) is 9.47 Å². The van der Waals surface area contributed by atoms with Crippen LogP contribution in [0.3, 0.4) is 0 Å². The molecule has 0 saturated carbocycles. The van der Waals surface area contributed by atoms with Crippen LogP contribution >= 0.6 is 39.0 Å². The number of thiazole rings is 1. The van der Waals surface area contributed by atoms with Crippen LogP contribution in [0.2, 0.25) is 0 Å². The third-order valence-electron chi connectivity index (χ3n) is 7.83. The van der Waals surface area contributed by atoms with Gasteiger partial charge in [-0.05, 0) is 72.3 Å². The van der Waals surface area contributed by atoms with Gasteiger partial charge in [-0.15, -0.1) is 23.1 Å². The van der Waals surface area contributed by atoms with Gasteiger partial charge in [0.05, 0.1) is 19.9 Å². The number of halogens is 1. The van der Waals surface area contributed by atoms with E-state index in [1.807, 2.05) is 66.0 Å². The number of ether oxygens (including phenoxy) is 2. The Morgan fingerprint density at radius 1 is 0.811 bits per heavy atom. The molecule has 0 radical (unpaired) electrons. The third-order valence-corrected chi connectivity index (χ3v) is 10.4. The van der Waals surface area contributed by atoms with Gasteiger partial charge in [0, 0.05) is 37.1 Å². The van der Waals surface area contributed by atoms with Gasteiger partial charge in [-0.1, -0.05) is 82.7 Å². The number of benzene rings is 5. The molecule has 3 amide bonds. The minimum absolute atomic E-state index is 0.0176. The smallest absolute Gasteiger partial charge is 0.272 e. The van der Waals surface area contributed by atoms with Crippen LogP contribution in [-0.2, 0) is 9.59 Å². The van der Waals surface area contributed by atoms with Gasteiger partial charge in [-0.3, -0.25) is 14.4 Å². The van der Waals surface area contributed by atoms with E-state index in [-0.39, 0.29) is 11.6 Å². The first-order valence-corrected chi connectivity index (χ1v) is 18.8. The summed E-state index contributed by atoms with van der Waals surface area (Å²) in [5, 5.41) is 10.4. The Hall–Kier alpha value is -5.69. The zero-order valence-corrected chi connectivity index (χ0v) is 31.8. The van der Waals surface area contributed by atoms with Crippen LogP contribution in [0.15, 0.2) is 148 Å². The molecule has 5 aromatic carbocycles. The lowest BCUT2D eigenvalue weighted by Gasteiger charge is -2.17. The number of anilines is 2. The average Bonchev–Trinajstić information content (AvgIpc) is 3.65. The molecule has 0 fully saturated rings. The van der Waals surface area contributed by atoms with E-state index >= 15 is 0 Å². The van der Waals surface area contributed by atoms with Gasteiger partial charge in [0.15, 0.2) is 5.13 Å². The van der Waals surface area contributed by atoms with Crippen LogP contribution in [0.1, 0.15) is 26.7 Å². The van der Waals surface area contributed by atoms with Crippen LogP contribution in [0.4, 0.5) is 10.8 Å². The summed E-state index contributed by atoms with van der Waals surface area (Å²) in [5.41, 5.74) is 3.86. The summed E-state index contributed by atoms with van der Waals surface area (Å²) in [6.07, 6.45) is 1.53. The van der Waals surface area contributed by atoms with Gasteiger partial charge in [-0.2, -0.15) is 0 Å². The quantitative estimate of drug-likeness (QED) is 0.0787. The molecule has 0 aliphatic heterocycles. The average molecular weight is 806 g/mol. The van der Waals surface area contributed by atoms with Gasteiger partial charge in [0.2, 0.25) is 5.91 Å². The fourth-order valence-corrected chi connectivity index (χ4v) is 7.26. The number of carbonyl (C=O) groups is 3. The zero-order valence-electron chi connectivity index (χ0n) is 28.5. The van der Waals surface area contributed by atoms with E-state index in [0.29, 0.717) is 33.4 Å². The molecule has 1 unspecified atom stereocenters. The van der Waals surface area contributed by atoms with Crippen molar-refractivity contribution in [2.24, 2.45) is 0 Å². The first-order chi connectivity index (χ1) is 25.8. The molecule has 1 aromatic heterocycles. The van der Waals surface area contributed by atoms with Crippen molar-refractivity contribution in [1.82, 2.24) is 10.3 Å². The number of aromatic nitrogens is 1. The minimum Gasteiger partial charge on any atom is -0.497 e. The summed E-state index contributed by atoms with van der Waals surface area (Å²) < 4.78 is 11.9. The molecule has 3 N–H and O–H groups in total. The lowest BCUT2D eigenvalue weighted by Crippen LogP contribution is -2.30. The molecule has 53 heavy (non-hydrogen) atoms. The van der Waals surface area contributed by atoms with Crippen molar-refractivity contribution in [3.05, 3.63) is 160 Å². The van der Waals surface area contributed by atoms with E-state index in [1.165, 1.54) is 43.4 Å². The Morgan fingerprint density at radius 2 is 1.55 bits per heavy atom. The van der Waals surface area contributed by atoms with Gasteiger partial charge in [0.1, 0.15) is 22.4 Å². The summed E-state index contributed by atoms with van der Waals surface area (Å²) in [4.78, 5) is 46.3. The van der Waals surface area contributed by atoms with Crippen molar-refractivity contribution >= 4 is 73.6 Å². The number of nitrogens with zero attached hydrogens (tertiary/aromatic N) is 1. The van der Waals surface area contributed by atoms with Crippen LogP contribution in [0.5, 0.6) is 11.5 Å². The van der Waals surface area contributed by atoms with Crippen molar-refractivity contribution in [3.8, 4) is 22.8 Å². The Labute approximate surface area is 323 Å². The molecule has 0 aliphatic carbocycles. The standard InChI is InChI=1S/C41H33BrN4O5S2/c1-50-32-20-21-36(51-2)29(22-32)23-34(44-38(47)28-12-7-4-8-13-28)39(48)43-31-14-9-15-33(24-31)53-37(27-10-5-3-6-11-27)40(49)46-41-45-35(25-52-41)26-16-18-30(42)19-17-26/h3-25,37H,1-2H3,(H,43,48)(H,44,47)(H,45,46,49)/b34-23+. The molecular weight excluding hydrogens is 773 g/mol. The first-order valence-electron chi connectivity index (χ1n) is 16.2. The van der Waals surface area contributed by atoms with E-state index in [2.05, 4.69) is 36.9 Å². The second-order valence-electron chi connectivity index (χ2n) is 11.4. The molecule has 1 atom stereocenters. The highest BCUT2D eigenvalue weighted by molar-refractivity contribution is 9.10. The van der Waals surface area contributed by atoms with Gasteiger partial charge < -0.3 is 25.4 Å². The number of hydrogen-bond donors (Lipinski definition) is 3. The van der Waals surface area contributed by atoms with E-state index in [1.54, 1.807) is 66.7 Å². The summed E-state index contributed by atoms with van der Waals surface area (Å²) in [6.45, 7) is 0. The van der Waals surface area contributed by atoms with Crippen LogP contribution in [0.25, 0.3) is 17.3 Å². The normalized spacial score (nSPS) is 11.6. The Bertz CT molecular complexity index is 2250. The van der Waals surface area contributed by atoms with Crippen LogP contribution in [0, 0.1) is 0 Å². The zero-order chi connectivity index (χ0) is 37.2. The first kappa shape index (κ1) is 37.1. The number of hydrogen-bond acceptors (Lipinski definition) is 8. The lowest BCUT2D eigenvalue weighted by molar-refractivity contribution is -0.116. The Balaban J connectivity index is 1.24. The number of nitrogens with one attached hydrogen (secondary N) is 3. The fourth-order valence-electron chi connectivity index (χ4n) is 5.19. The molecule has 266 valence electrons. The van der Waals surface area contributed by atoms with Crippen molar-refractivity contribution in [1.29, 1.82) is 0 Å². The Kier molecular flexibility index (Phi) is 12.4. The van der Waals surface area contributed by atoms with E-state index < -0.39 is 17.1 Å². The minimum atomic E-state index is -0.636. The second kappa shape index (κ2) is 17.7. The van der Waals surface area contributed by atoms with Crippen molar-refractivity contribution in [2.75, 3.05) is 24.9 Å². The SMILES string of the molecule is COc1ccc(OC)c(/C=C(/NC(=O)c2ccccc2)C(=O)Nc2cccc(SC(C(=O)Nc3nc(-c4ccc(Br)cc4)cs3)c3ccccc3)c2)c1. The summed E-state index contributed by atoms with van der Waals surface area (Å²) in [7, 11) is 3.06. The van der Waals surface area contributed by atoms with E-state index in [9.17, 15) is 14.4 Å². The number of rotatable bonds is 13. The highest BCUT2D eigenvalue weighted by Crippen LogP contribution is 2.38. The monoisotopic (exact) mass is 804 g/mol. The predicted molar refractivity (Wildman–Crippen MR) is 215 cm³/mol. The maximum Gasteiger partial charge on any atom is 0.272 e. The number of carbonyl (C=O) groups excluding carboxylic acids is 3. The molecule has 0 saturated heterocycles. The lowest BCUT2D eigenvalue weighted by atomic mass is 10.1. The highest BCUT2D eigenvalue weighted by atomic mass is 79.9. The van der Waals surface area contributed by atoms with Crippen molar-refractivity contribution < 1.29 is 23.9 Å². The predicted octanol–water partition coefficient (Wildman–Crippen LogP) is 9.47. The number of thioether (sulfide) groups is 1. The Morgan fingerprint density at radius 3 is 2.26 bits per heavy atom. The molecule has 0 aliphatic rings. The summed E-state index contributed by atoms with van der Waals surface area (Å²) >= 11 is 6.15. The van der Waals surface area contributed by atoms with Crippen LogP contribution < -0.4 is 25.4 Å². The fraction of sp³-hybridized carbons (Fsp3) is 0.0732. The maximum absolute atomic E-state index is 13.9. The van der Waals surface area contributed by atoms with Gasteiger partial charge in [-0.25, -0.2) is 4.98 Å². The highest BCUT2D eigenvalue weighted by Gasteiger charge is 2.24. The molecule has 0 bridgehead atoms. The number of methoxy groups -OCH3 is 2. The second-order valence-corrected chi connectivity index (χ2v) is 14.4. The van der Waals surface area contributed by atoms with Gasteiger partial charge >= 0.3 is 0 Å². The van der Waals surface area contributed by atoms with Crippen molar-refractivity contribution in [2.45, 2.75) is 10.1 Å². The summed E-state index contributed by atoms with van der Waals surface area (Å²) in [5.74, 6) is -0.236. The van der Waals surface area contributed by atoms with Gasteiger partial charge in [0.25, 0.3) is 11.8 Å². The topological polar surface area (TPSA) is 119 Å². The molecule has 1 heterocycles. The molecular formula is C41H33BrN4O5S2. The molecule has 6 rings (SSSR count). The van der Waals surface area contributed by atoms with Crippen LogP contribution in [-0.4, -0.2) is 36.9 Å². The maximum atomic E-state index is 13.9. The largest absolute Gasteiger partial charge is 0.497 e. The van der Waals surface area contributed by atoms with Crippen molar-refractivity contribution in [3.63, 3.8) is 0 Å². The molecule has 6 aromatic rings. The molecule has 0 spiro atoms. The molecule has 9 nitrogen and oxygen atoms in total. The third kappa shape index (κ3) is 9.80. The molecule has 12 heteroatoms.